The van der Waals surface area contributed by atoms with Crippen molar-refractivity contribution in [2.24, 2.45) is 0 Å². The number of rotatable bonds is 0. The highest BCUT2D eigenvalue weighted by molar-refractivity contribution is 7.77. The van der Waals surface area contributed by atoms with E-state index in [0.717, 1.165) is 30.8 Å². The van der Waals surface area contributed by atoms with Gasteiger partial charge >= 0.3 is 5.69 Å². The first-order chi connectivity index (χ1) is 5.75. The second kappa shape index (κ2) is 2.91. The third kappa shape index (κ3) is 1.37. The molecule has 5 heteroatoms. The Morgan fingerprint density at radius 3 is 3.33 bits per heavy atom. The molecule has 0 radical (unpaired) electrons. The van der Waals surface area contributed by atoms with Crippen molar-refractivity contribution in [1.29, 1.82) is 0 Å². The van der Waals surface area contributed by atoms with Crippen molar-refractivity contribution in [2.75, 3.05) is 6.54 Å². The van der Waals surface area contributed by atoms with Crippen LogP contribution in [0.3, 0.4) is 0 Å². The first-order valence-electron chi connectivity index (χ1n) is 3.76. The number of thiol groups is 1. The Morgan fingerprint density at radius 1 is 1.67 bits per heavy atom. The van der Waals surface area contributed by atoms with Crippen LogP contribution in [0.15, 0.2) is 11.0 Å². The highest BCUT2D eigenvalue weighted by Crippen LogP contribution is 2.15. The van der Waals surface area contributed by atoms with Crippen molar-refractivity contribution in [3.8, 4) is 0 Å². The average Bonchev–Trinajstić information content (AvgIpc) is 2.05. The predicted octanol–water partition coefficient (Wildman–Crippen LogP) is -0.0272. The topological polar surface area (TPSA) is 49.0 Å². The van der Waals surface area contributed by atoms with Gasteiger partial charge in [-0.15, -0.1) is 0 Å². The molecule has 1 N–H and O–H groups in total. The largest absolute Gasteiger partial charge is 0.345 e. The van der Waals surface area contributed by atoms with Gasteiger partial charge in [-0.05, 0) is 0 Å². The van der Waals surface area contributed by atoms with Crippen LogP contribution in [-0.4, -0.2) is 20.8 Å². The van der Waals surface area contributed by atoms with Gasteiger partial charge in [-0.25, -0.2) is 14.1 Å². The summed E-state index contributed by atoms with van der Waals surface area (Å²) in [5.74, 6) is 0. The first kappa shape index (κ1) is 7.82. The normalized spacial score (nSPS) is 17.4. The molecule has 1 aromatic rings. The van der Waals surface area contributed by atoms with E-state index in [1.54, 1.807) is 6.20 Å². The molecule has 64 valence electrons. The molecule has 4 nitrogen and oxygen atoms in total. The van der Waals surface area contributed by atoms with Crippen LogP contribution in [0.4, 0.5) is 0 Å². The Balaban J connectivity index is 2.43. The van der Waals surface area contributed by atoms with Crippen LogP contribution in [0.25, 0.3) is 0 Å². The number of nitrogens with zero attached hydrogens (tertiary/aromatic N) is 2. The fourth-order valence-electron chi connectivity index (χ4n) is 1.33. The van der Waals surface area contributed by atoms with Gasteiger partial charge in [0.05, 0.1) is 0 Å². The SMILES string of the molecule is O=c1ncc2c([nH]1)CCN(S)C2. The molecule has 0 fully saturated rings. The Hall–Kier alpha value is -0.810. The fourth-order valence-corrected chi connectivity index (χ4v) is 1.58. The van der Waals surface area contributed by atoms with Gasteiger partial charge < -0.3 is 4.98 Å². The van der Waals surface area contributed by atoms with Crippen molar-refractivity contribution in [3.63, 3.8) is 0 Å². The highest BCUT2D eigenvalue weighted by atomic mass is 32.1. The lowest BCUT2D eigenvalue weighted by Gasteiger charge is -2.22. The maximum absolute atomic E-state index is 10.8. The van der Waals surface area contributed by atoms with Gasteiger partial charge in [-0.2, -0.15) is 0 Å². The maximum atomic E-state index is 10.8. The summed E-state index contributed by atoms with van der Waals surface area (Å²) in [5.41, 5.74) is 1.80. The molecule has 0 aromatic carbocycles. The number of nitrogens with one attached hydrogen (secondary N) is 1. The summed E-state index contributed by atoms with van der Waals surface area (Å²) in [7, 11) is 0. The second-order valence-corrected chi connectivity index (χ2v) is 3.40. The van der Waals surface area contributed by atoms with Crippen LogP contribution in [-0.2, 0) is 13.0 Å². The summed E-state index contributed by atoms with van der Waals surface area (Å²) >= 11 is 4.23. The van der Waals surface area contributed by atoms with Crippen LogP contribution in [0.1, 0.15) is 11.3 Å². The Morgan fingerprint density at radius 2 is 2.50 bits per heavy atom. The molecule has 0 saturated carbocycles. The number of hydrogen-bond donors (Lipinski definition) is 2. The molecule has 0 amide bonds. The van der Waals surface area contributed by atoms with Gasteiger partial charge in [-0.1, -0.05) is 12.8 Å². The summed E-state index contributed by atoms with van der Waals surface area (Å²) in [6, 6.07) is 0. The van der Waals surface area contributed by atoms with Crippen molar-refractivity contribution < 1.29 is 0 Å². The predicted molar refractivity (Wildman–Crippen MR) is 48.0 cm³/mol. The zero-order chi connectivity index (χ0) is 8.55. The second-order valence-electron chi connectivity index (χ2n) is 2.83. The molecule has 0 aliphatic carbocycles. The van der Waals surface area contributed by atoms with Crippen molar-refractivity contribution >= 4 is 12.8 Å². The van der Waals surface area contributed by atoms with Gasteiger partial charge in [0.1, 0.15) is 0 Å². The molecule has 2 rings (SSSR count). The maximum Gasteiger partial charge on any atom is 0.345 e. The number of hydrogen-bond acceptors (Lipinski definition) is 4. The van der Waals surface area contributed by atoms with Crippen LogP contribution >= 0.6 is 12.8 Å². The number of fused-ring (bicyclic) bond motifs is 1. The standard InChI is InChI=1S/C7H9N3OS/c11-7-8-3-5-4-10(12)2-1-6(5)9-7/h3,12H,1-2,4H2,(H,8,9,11). The Labute approximate surface area is 75.2 Å². The van der Waals surface area contributed by atoms with Crippen LogP contribution in [0, 0.1) is 0 Å². The van der Waals surface area contributed by atoms with Crippen LogP contribution in [0.5, 0.6) is 0 Å². The van der Waals surface area contributed by atoms with E-state index >= 15 is 0 Å². The van der Waals surface area contributed by atoms with E-state index in [9.17, 15) is 4.79 Å². The van der Waals surface area contributed by atoms with E-state index in [1.807, 2.05) is 4.31 Å². The van der Waals surface area contributed by atoms with E-state index in [4.69, 9.17) is 0 Å². The number of aromatic nitrogens is 2. The lowest BCUT2D eigenvalue weighted by Crippen LogP contribution is -2.26. The molecular weight excluding hydrogens is 174 g/mol. The summed E-state index contributed by atoms with van der Waals surface area (Å²) in [5, 5.41) is 0. The smallest absolute Gasteiger partial charge is 0.309 e. The van der Waals surface area contributed by atoms with E-state index in [0.29, 0.717) is 0 Å². The van der Waals surface area contributed by atoms with Gasteiger partial charge in [0.2, 0.25) is 0 Å². The molecule has 1 aliphatic rings. The van der Waals surface area contributed by atoms with E-state index < -0.39 is 0 Å². The summed E-state index contributed by atoms with van der Waals surface area (Å²) < 4.78 is 1.91. The quantitative estimate of drug-likeness (QED) is 0.555. The fraction of sp³-hybridized carbons (Fsp3) is 0.429. The molecule has 0 unspecified atom stereocenters. The van der Waals surface area contributed by atoms with Crippen molar-refractivity contribution in [2.45, 2.75) is 13.0 Å². The monoisotopic (exact) mass is 183 g/mol. The van der Waals surface area contributed by atoms with E-state index in [1.165, 1.54) is 0 Å². The Bertz CT molecular complexity index is 349. The summed E-state index contributed by atoms with van der Waals surface area (Å²) in [4.78, 5) is 17.2. The van der Waals surface area contributed by atoms with E-state index in [2.05, 4.69) is 22.8 Å². The van der Waals surface area contributed by atoms with Crippen molar-refractivity contribution in [3.05, 3.63) is 27.9 Å². The average molecular weight is 183 g/mol. The molecule has 0 bridgehead atoms. The number of H-pyrrole nitrogens is 1. The van der Waals surface area contributed by atoms with Crippen LogP contribution in [0.2, 0.25) is 0 Å². The number of aromatic amines is 1. The molecule has 1 aromatic heterocycles. The summed E-state index contributed by atoms with van der Waals surface area (Å²) in [6.07, 6.45) is 2.47. The van der Waals surface area contributed by atoms with E-state index in [-0.39, 0.29) is 5.69 Å². The Kier molecular flexibility index (Phi) is 1.90. The lowest BCUT2D eigenvalue weighted by molar-refractivity contribution is 0.441. The van der Waals surface area contributed by atoms with Gasteiger partial charge in [0, 0.05) is 37.0 Å². The zero-order valence-corrected chi connectivity index (χ0v) is 7.34. The zero-order valence-electron chi connectivity index (χ0n) is 6.45. The van der Waals surface area contributed by atoms with Crippen molar-refractivity contribution in [1.82, 2.24) is 14.3 Å². The minimum atomic E-state index is -0.263. The minimum Gasteiger partial charge on any atom is -0.309 e. The molecule has 0 spiro atoms. The molecule has 2 heterocycles. The third-order valence-electron chi connectivity index (χ3n) is 1.96. The molecule has 12 heavy (non-hydrogen) atoms. The molecular formula is C7H9N3OS. The first-order valence-corrected chi connectivity index (χ1v) is 4.16. The van der Waals surface area contributed by atoms with Crippen LogP contribution < -0.4 is 5.69 Å². The third-order valence-corrected chi connectivity index (χ3v) is 2.30. The van der Waals surface area contributed by atoms with Gasteiger partial charge in [0.15, 0.2) is 0 Å². The molecule has 1 aliphatic heterocycles. The molecule has 0 atom stereocenters. The van der Waals surface area contributed by atoms with Gasteiger partial charge in [-0.3, -0.25) is 0 Å². The molecule has 0 saturated heterocycles. The highest BCUT2D eigenvalue weighted by Gasteiger charge is 2.13. The minimum absolute atomic E-state index is 0.263. The summed E-state index contributed by atoms with van der Waals surface area (Å²) in [6.45, 7) is 1.62. The lowest BCUT2D eigenvalue weighted by atomic mass is 10.1. The van der Waals surface area contributed by atoms with Gasteiger partial charge in [0.25, 0.3) is 0 Å².